The van der Waals surface area contributed by atoms with E-state index in [1.54, 1.807) is 6.26 Å². The number of hydrogen-bond donors (Lipinski definition) is 2. The number of hydrogen-bond acceptors (Lipinski definition) is 4. The van der Waals surface area contributed by atoms with Crippen LogP contribution in [0.2, 0.25) is 0 Å². The van der Waals surface area contributed by atoms with Gasteiger partial charge in [-0.05, 0) is 44.2 Å². The Balaban J connectivity index is 1.78. The lowest BCUT2D eigenvalue weighted by Crippen LogP contribution is -2.29. The maximum Gasteiger partial charge on any atom is 0.122 e. The molecular weight excluding hydrogens is 204 g/mol. The van der Waals surface area contributed by atoms with Gasteiger partial charge in [-0.25, -0.2) is 5.43 Å². The van der Waals surface area contributed by atoms with Gasteiger partial charge >= 0.3 is 0 Å². The molecular formula is C12H20N2O2. The lowest BCUT2D eigenvalue weighted by atomic mass is 10.0. The number of hydrazine groups is 1. The van der Waals surface area contributed by atoms with Gasteiger partial charge in [-0.1, -0.05) is 0 Å². The summed E-state index contributed by atoms with van der Waals surface area (Å²) in [6.07, 6.45) is 7.73. The van der Waals surface area contributed by atoms with Gasteiger partial charge in [0.15, 0.2) is 0 Å². The lowest BCUT2D eigenvalue weighted by Gasteiger charge is -2.24. The van der Waals surface area contributed by atoms with E-state index in [0.717, 1.165) is 25.2 Å². The van der Waals surface area contributed by atoms with Crippen molar-refractivity contribution in [3.8, 4) is 0 Å². The Bertz CT molecular complexity index is 281. The second kappa shape index (κ2) is 6.03. The van der Waals surface area contributed by atoms with Crippen molar-refractivity contribution in [1.82, 2.24) is 5.43 Å². The second-order valence-electron chi connectivity index (χ2n) is 4.30. The maximum atomic E-state index is 5.69. The first kappa shape index (κ1) is 11.6. The molecule has 1 aliphatic heterocycles. The average molecular weight is 224 g/mol. The van der Waals surface area contributed by atoms with Gasteiger partial charge in [-0.15, -0.1) is 0 Å². The summed E-state index contributed by atoms with van der Waals surface area (Å²) in [4.78, 5) is 0. The number of rotatable bonds is 5. The van der Waals surface area contributed by atoms with Gasteiger partial charge in [0.2, 0.25) is 0 Å². The van der Waals surface area contributed by atoms with Crippen molar-refractivity contribution < 1.29 is 9.15 Å². The molecule has 16 heavy (non-hydrogen) atoms. The predicted molar refractivity (Wildman–Crippen MR) is 61.6 cm³/mol. The molecule has 90 valence electrons. The largest absolute Gasteiger partial charge is 0.468 e. The van der Waals surface area contributed by atoms with E-state index in [1.165, 1.54) is 19.3 Å². The molecule has 0 aliphatic carbocycles. The summed E-state index contributed by atoms with van der Waals surface area (Å²) in [5.74, 6) is 6.43. The summed E-state index contributed by atoms with van der Waals surface area (Å²) in [5, 5.41) is 0. The minimum absolute atomic E-state index is 0.0977. The summed E-state index contributed by atoms with van der Waals surface area (Å²) in [7, 11) is 0. The normalized spacial score (nSPS) is 23.2. The van der Waals surface area contributed by atoms with E-state index in [0.29, 0.717) is 6.10 Å². The predicted octanol–water partition coefficient (Wildman–Crippen LogP) is 2.13. The molecule has 0 amide bonds. The highest BCUT2D eigenvalue weighted by atomic mass is 16.5. The first-order valence-corrected chi connectivity index (χ1v) is 6.01. The van der Waals surface area contributed by atoms with Crippen LogP contribution in [0.15, 0.2) is 22.8 Å². The van der Waals surface area contributed by atoms with Crippen LogP contribution in [0, 0.1) is 0 Å². The number of ether oxygens (including phenoxy) is 1. The van der Waals surface area contributed by atoms with Gasteiger partial charge in [0.1, 0.15) is 5.76 Å². The molecule has 3 N–H and O–H groups in total. The lowest BCUT2D eigenvalue weighted by molar-refractivity contribution is 0.00821. The summed E-state index contributed by atoms with van der Waals surface area (Å²) in [6.45, 7) is 0.909. The van der Waals surface area contributed by atoms with E-state index in [2.05, 4.69) is 5.43 Å². The Kier molecular flexibility index (Phi) is 4.39. The van der Waals surface area contributed by atoms with Crippen molar-refractivity contribution in [2.24, 2.45) is 5.84 Å². The molecule has 1 saturated heterocycles. The molecule has 1 fully saturated rings. The Hall–Kier alpha value is -0.840. The van der Waals surface area contributed by atoms with Crippen LogP contribution in [0.5, 0.6) is 0 Å². The molecule has 2 heterocycles. The fraction of sp³-hybridized carbons (Fsp3) is 0.667. The molecule has 1 aromatic heterocycles. The minimum Gasteiger partial charge on any atom is -0.468 e. The zero-order valence-electron chi connectivity index (χ0n) is 9.52. The SMILES string of the molecule is NNC(CCC1CCCCO1)c1ccco1. The summed E-state index contributed by atoms with van der Waals surface area (Å²) >= 11 is 0. The van der Waals surface area contributed by atoms with Crippen LogP contribution in [0.3, 0.4) is 0 Å². The number of nitrogens with one attached hydrogen (secondary N) is 1. The zero-order chi connectivity index (χ0) is 11.2. The first-order chi connectivity index (χ1) is 7.90. The fourth-order valence-corrected chi connectivity index (χ4v) is 2.18. The molecule has 1 aliphatic rings. The molecule has 0 spiro atoms. The molecule has 2 rings (SSSR count). The van der Waals surface area contributed by atoms with Gasteiger partial charge in [0.05, 0.1) is 18.4 Å². The van der Waals surface area contributed by atoms with Crippen LogP contribution < -0.4 is 11.3 Å². The van der Waals surface area contributed by atoms with Crippen LogP contribution in [0.25, 0.3) is 0 Å². The average Bonchev–Trinajstić information content (AvgIpc) is 2.85. The van der Waals surface area contributed by atoms with Gasteiger partial charge < -0.3 is 9.15 Å². The summed E-state index contributed by atoms with van der Waals surface area (Å²) in [5.41, 5.74) is 2.79. The van der Waals surface area contributed by atoms with Crippen molar-refractivity contribution in [3.05, 3.63) is 24.2 Å². The van der Waals surface area contributed by atoms with Crippen LogP contribution in [0.1, 0.15) is 43.9 Å². The van der Waals surface area contributed by atoms with E-state index in [1.807, 2.05) is 12.1 Å². The van der Waals surface area contributed by atoms with Gasteiger partial charge in [0.25, 0.3) is 0 Å². The molecule has 4 nitrogen and oxygen atoms in total. The Morgan fingerprint density at radius 2 is 2.44 bits per heavy atom. The van der Waals surface area contributed by atoms with Gasteiger partial charge in [-0.3, -0.25) is 5.84 Å². The molecule has 0 radical (unpaired) electrons. The fourth-order valence-electron chi connectivity index (χ4n) is 2.18. The van der Waals surface area contributed by atoms with E-state index in [4.69, 9.17) is 15.0 Å². The quantitative estimate of drug-likeness (QED) is 0.594. The van der Waals surface area contributed by atoms with Gasteiger partial charge in [-0.2, -0.15) is 0 Å². The maximum absolute atomic E-state index is 5.69. The number of furan rings is 1. The molecule has 4 heteroatoms. The van der Waals surface area contributed by atoms with Gasteiger partial charge in [0, 0.05) is 6.61 Å². The van der Waals surface area contributed by atoms with Crippen LogP contribution in [-0.2, 0) is 4.74 Å². The highest BCUT2D eigenvalue weighted by Crippen LogP contribution is 2.23. The van der Waals surface area contributed by atoms with E-state index < -0.39 is 0 Å². The highest BCUT2D eigenvalue weighted by Gasteiger charge is 2.18. The topological polar surface area (TPSA) is 60.4 Å². The molecule has 2 unspecified atom stereocenters. The minimum atomic E-state index is 0.0977. The Morgan fingerprint density at radius 3 is 3.06 bits per heavy atom. The Labute approximate surface area is 96.1 Å². The van der Waals surface area contributed by atoms with Crippen molar-refractivity contribution in [3.63, 3.8) is 0 Å². The smallest absolute Gasteiger partial charge is 0.122 e. The van der Waals surface area contributed by atoms with Crippen LogP contribution >= 0.6 is 0 Å². The van der Waals surface area contributed by atoms with E-state index in [-0.39, 0.29) is 6.04 Å². The summed E-state index contributed by atoms with van der Waals surface area (Å²) in [6, 6.07) is 3.93. The third-order valence-electron chi connectivity index (χ3n) is 3.14. The molecule has 0 saturated carbocycles. The van der Waals surface area contributed by atoms with Crippen molar-refractivity contribution in [1.29, 1.82) is 0 Å². The standard InChI is InChI=1S/C12H20N2O2/c13-14-11(12-5-3-9-16-12)7-6-10-4-1-2-8-15-10/h3,5,9-11,14H,1-2,4,6-8,13H2. The zero-order valence-corrected chi connectivity index (χ0v) is 9.52. The molecule has 2 atom stereocenters. The monoisotopic (exact) mass is 224 g/mol. The van der Waals surface area contributed by atoms with Crippen LogP contribution in [0.4, 0.5) is 0 Å². The Morgan fingerprint density at radius 1 is 1.50 bits per heavy atom. The summed E-state index contributed by atoms with van der Waals surface area (Å²) < 4.78 is 11.0. The molecule has 0 bridgehead atoms. The number of nitrogens with two attached hydrogens (primary N) is 1. The second-order valence-corrected chi connectivity index (χ2v) is 4.30. The van der Waals surface area contributed by atoms with Crippen molar-refractivity contribution >= 4 is 0 Å². The van der Waals surface area contributed by atoms with Crippen molar-refractivity contribution in [2.45, 2.75) is 44.2 Å². The highest BCUT2D eigenvalue weighted by molar-refractivity contribution is 5.03. The molecule has 0 aromatic carbocycles. The van der Waals surface area contributed by atoms with Crippen molar-refractivity contribution in [2.75, 3.05) is 6.61 Å². The van der Waals surface area contributed by atoms with Crippen LogP contribution in [-0.4, -0.2) is 12.7 Å². The third-order valence-corrected chi connectivity index (χ3v) is 3.14. The first-order valence-electron chi connectivity index (χ1n) is 6.01. The molecule has 1 aromatic rings. The third kappa shape index (κ3) is 3.07. The van der Waals surface area contributed by atoms with E-state index in [9.17, 15) is 0 Å². The van der Waals surface area contributed by atoms with E-state index >= 15 is 0 Å².